The molecule has 0 saturated heterocycles. The Morgan fingerprint density at radius 3 is 2.78 bits per heavy atom. The number of nitrogens with one attached hydrogen (secondary N) is 1. The van der Waals surface area contributed by atoms with E-state index in [-0.39, 0.29) is 23.7 Å². The van der Waals surface area contributed by atoms with Gasteiger partial charge in [0, 0.05) is 28.2 Å². The molecule has 0 bridgehead atoms. The van der Waals surface area contributed by atoms with E-state index in [2.05, 4.69) is 19.2 Å². The third kappa shape index (κ3) is 2.48. The van der Waals surface area contributed by atoms with Gasteiger partial charge in [0.15, 0.2) is 0 Å². The van der Waals surface area contributed by atoms with E-state index in [0.717, 1.165) is 16.3 Å². The number of hydrogen-bond acceptors (Lipinski definition) is 2. The molecule has 0 atom stereocenters. The van der Waals surface area contributed by atoms with Crippen LogP contribution < -0.4 is 10.2 Å². The van der Waals surface area contributed by atoms with Crippen LogP contribution in [-0.4, -0.2) is 26.0 Å². The van der Waals surface area contributed by atoms with Gasteiger partial charge in [-0.25, -0.2) is 0 Å². The van der Waals surface area contributed by atoms with Gasteiger partial charge in [0.2, 0.25) is 5.91 Å². The summed E-state index contributed by atoms with van der Waals surface area (Å²) in [4.78, 5) is 13.8. The molecule has 1 aliphatic heterocycles. The molecule has 1 heterocycles. The van der Waals surface area contributed by atoms with Gasteiger partial charge in [-0.05, 0) is 19.2 Å². The van der Waals surface area contributed by atoms with E-state index in [0.29, 0.717) is 13.1 Å². The van der Waals surface area contributed by atoms with E-state index >= 15 is 0 Å². The SMILES string of the molecule is CNCC(=O)N1CC(C)(C)c2c(Cl)cccc21.Cl. The summed E-state index contributed by atoms with van der Waals surface area (Å²) in [6.45, 7) is 5.27. The second-order valence-electron chi connectivity index (χ2n) is 5.03. The van der Waals surface area contributed by atoms with E-state index in [4.69, 9.17) is 11.6 Å². The number of carbonyl (C=O) groups is 1. The summed E-state index contributed by atoms with van der Waals surface area (Å²) in [5, 5.41) is 3.64. The van der Waals surface area contributed by atoms with Crippen LogP contribution in [0.2, 0.25) is 5.02 Å². The van der Waals surface area contributed by atoms with E-state index < -0.39 is 0 Å². The number of rotatable bonds is 2. The first-order valence-electron chi connectivity index (χ1n) is 5.71. The van der Waals surface area contributed by atoms with Crippen LogP contribution >= 0.6 is 24.0 Å². The number of amides is 1. The van der Waals surface area contributed by atoms with Gasteiger partial charge in [-0.15, -0.1) is 12.4 Å². The second kappa shape index (κ2) is 5.47. The zero-order valence-corrected chi connectivity index (χ0v) is 12.4. The summed E-state index contributed by atoms with van der Waals surface area (Å²) in [5.41, 5.74) is 1.94. The third-order valence-electron chi connectivity index (χ3n) is 3.14. The normalized spacial score (nSPS) is 16.1. The molecule has 0 unspecified atom stereocenters. The number of fused-ring (bicyclic) bond motifs is 1. The Morgan fingerprint density at radius 1 is 1.50 bits per heavy atom. The summed E-state index contributed by atoms with van der Waals surface area (Å²) < 4.78 is 0. The zero-order chi connectivity index (χ0) is 12.6. The quantitative estimate of drug-likeness (QED) is 0.907. The second-order valence-corrected chi connectivity index (χ2v) is 5.44. The lowest BCUT2D eigenvalue weighted by atomic mass is 9.87. The Kier molecular flexibility index (Phi) is 4.65. The van der Waals surface area contributed by atoms with Crippen LogP contribution in [0.1, 0.15) is 19.4 Å². The van der Waals surface area contributed by atoms with Crippen LogP contribution in [0.15, 0.2) is 18.2 Å². The number of hydrogen-bond donors (Lipinski definition) is 1. The van der Waals surface area contributed by atoms with Crippen molar-refractivity contribution >= 4 is 35.6 Å². The number of benzene rings is 1. The average Bonchev–Trinajstić information content (AvgIpc) is 2.52. The van der Waals surface area contributed by atoms with Gasteiger partial charge in [0.1, 0.15) is 0 Å². The lowest BCUT2D eigenvalue weighted by Gasteiger charge is -2.20. The van der Waals surface area contributed by atoms with E-state index in [9.17, 15) is 4.79 Å². The van der Waals surface area contributed by atoms with Gasteiger partial charge in [0.05, 0.1) is 6.54 Å². The van der Waals surface area contributed by atoms with Crippen LogP contribution in [0.25, 0.3) is 0 Å². The molecule has 2 rings (SSSR count). The third-order valence-corrected chi connectivity index (χ3v) is 3.46. The van der Waals surface area contributed by atoms with Crippen LogP contribution in [0, 0.1) is 0 Å². The summed E-state index contributed by atoms with van der Waals surface area (Å²) in [7, 11) is 1.78. The van der Waals surface area contributed by atoms with Crippen molar-refractivity contribution in [1.82, 2.24) is 5.32 Å². The number of halogens is 2. The van der Waals surface area contributed by atoms with Gasteiger partial charge >= 0.3 is 0 Å². The largest absolute Gasteiger partial charge is 0.311 e. The highest BCUT2D eigenvalue weighted by molar-refractivity contribution is 6.32. The van der Waals surface area contributed by atoms with E-state index in [1.54, 1.807) is 7.05 Å². The molecule has 100 valence electrons. The van der Waals surface area contributed by atoms with Crippen molar-refractivity contribution < 1.29 is 4.79 Å². The summed E-state index contributed by atoms with van der Waals surface area (Å²) in [6, 6.07) is 5.74. The number of likely N-dealkylation sites (N-methyl/N-ethyl adjacent to an activating group) is 1. The maximum atomic E-state index is 12.0. The first-order valence-corrected chi connectivity index (χ1v) is 6.09. The lowest BCUT2D eigenvalue weighted by Crippen LogP contribution is -2.38. The van der Waals surface area contributed by atoms with Gasteiger partial charge < -0.3 is 10.2 Å². The smallest absolute Gasteiger partial charge is 0.240 e. The molecule has 0 radical (unpaired) electrons. The number of anilines is 1. The minimum absolute atomic E-state index is 0. The van der Waals surface area contributed by atoms with Crippen molar-refractivity contribution in [3.63, 3.8) is 0 Å². The molecule has 1 amide bonds. The summed E-state index contributed by atoms with van der Waals surface area (Å²) in [6.07, 6.45) is 0. The fourth-order valence-electron chi connectivity index (χ4n) is 2.44. The molecule has 0 fully saturated rings. The maximum Gasteiger partial charge on any atom is 0.240 e. The monoisotopic (exact) mass is 288 g/mol. The standard InChI is InChI=1S/C13H17ClN2O.ClH/c1-13(2)8-16(11(17)7-15-3)10-6-4-5-9(14)12(10)13;/h4-6,15H,7-8H2,1-3H3;1H. The Hall–Kier alpha value is -0.770. The summed E-state index contributed by atoms with van der Waals surface area (Å²) >= 11 is 6.25. The zero-order valence-electron chi connectivity index (χ0n) is 10.8. The molecule has 1 N–H and O–H groups in total. The van der Waals surface area contributed by atoms with E-state index in [1.165, 1.54) is 0 Å². The molecule has 1 aromatic rings. The van der Waals surface area contributed by atoms with Crippen molar-refractivity contribution in [2.75, 3.05) is 25.0 Å². The predicted octanol–water partition coefficient (Wildman–Crippen LogP) is 2.61. The molecular weight excluding hydrogens is 271 g/mol. The Morgan fingerprint density at radius 2 is 2.17 bits per heavy atom. The van der Waals surface area contributed by atoms with Crippen LogP contribution in [-0.2, 0) is 10.2 Å². The highest BCUT2D eigenvalue weighted by atomic mass is 35.5. The van der Waals surface area contributed by atoms with Crippen molar-refractivity contribution in [1.29, 1.82) is 0 Å². The molecule has 5 heteroatoms. The van der Waals surface area contributed by atoms with Crippen molar-refractivity contribution in [2.24, 2.45) is 0 Å². The van der Waals surface area contributed by atoms with Crippen molar-refractivity contribution in [3.8, 4) is 0 Å². The fourth-order valence-corrected chi connectivity index (χ4v) is 2.86. The summed E-state index contributed by atoms with van der Waals surface area (Å²) in [5.74, 6) is 0.0848. The van der Waals surface area contributed by atoms with Crippen molar-refractivity contribution in [2.45, 2.75) is 19.3 Å². The molecule has 3 nitrogen and oxygen atoms in total. The Balaban J connectivity index is 0.00000162. The molecule has 18 heavy (non-hydrogen) atoms. The van der Waals surface area contributed by atoms with Crippen LogP contribution in [0.3, 0.4) is 0 Å². The predicted molar refractivity (Wildman–Crippen MR) is 78.0 cm³/mol. The van der Waals surface area contributed by atoms with Gasteiger partial charge in [-0.3, -0.25) is 4.79 Å². The molecule has 0 saturated carbocycles. The van der Waals surface area contributed by atoms with Gasteiger partial charge in [-0.1, -0.05) is 31.5 Å². The fraction of sp³-hybridized carbons (Fsp3) is 0.462. The minimum Gasteiger partial charge on any atom is -0.311 e. The average molecular weight is 289 g/mol. The van der Waals surface area contributed by atoms with Gasteiger partial charge in [0.25, 0.3) is 0 Å². The molecule has 0 spiro atoms. The molecule has 0 aromatic heterocycles. The Labute approximate surface area is 119 Å². The first kappa shape index (κ1) is 15.3. The van der Waals surface area contributed by atoms with Gasteiger partial charge in [-0.2, -0.15) is 0 Å². The molecule has 0 aliphatic carbocycles. The molecule has 1 aromatic carbocycles. The Bertz CT molecular complexity index is 460. The molecular formula is C13H18Cl2N2O. The highest BCUT2D eigenvalue weighted by Gasteiger charge is 2.39. The number of carbonyl (C=O) groups excluding carboxylic acids is 1. The van der Waals surface area contributed by atoms with Crippen molar-refractivity contribution in [3.05, 3.63) is 28.8 Å². The molecule has 1 aliphatic rings. The minimum atomic E-state index is -0.0862. The topological polar surface area (TPSA) is 32.3 Å². The van der Waals surface area contributed by atoms with E-state index in [1.807, 2.05) is 23.1 Å². The highest BCUT2D eigenvalue weighted by Crippen LogP contribution is 2.44. The first-order chi connectivity index (χ1) is 7.97. The lowest BCUT2D eigenvalue weighted by molar-refractivity contribution is -0.117. The van der Waals surface area contributed by atoms with Crippen LogP contribution in [0.4, 0.5) is 5.69 Å². The number of nitrogens with zero attached hydrogens (tertiary/aromatic N) is 1. The van der Waals surface area contributed by atoms with Crippen LogP contribution in [0.5, 0.6) is 0 Å². The maximum absolute atomic E-state index is 12.0.